The molecule has 0 heterocycles. The minimum Gasteiger partial charge on any atom is -0.493 e. The van der Waals surface area contributed by atoms with E-state index >= 15 is 0 Å². The smallest absolute Gasteiger partial charge is 0.343 e. The van der Waals surface area contributed by atoms with Crippen LogP contribution in [0.3, 0.4) is 0 Å². The van der Waals surface area contributed by atoms with Crippen LogP contribution in [0.1, 0.15) is 38.8 Å². The number of hydrazone groups is 1. The topological polar surface area (TPSA) is 77.0 Å². The lowest BCUT2D eigenvalue weighted by molar-refractivity contribution is 0.0734. The number of ether oxygens (including phenoxy) is 2. The first-order valence-corrected chi connectivity index (χ1v) is 9.51. The number of carbonyl (C=O) groups excluding carboxylic acids is 2. The van der Waals surface area contributed by atoms with Crippen LogP contribution in [0.2, 0.25) is 0 Å². The van der Waals surface area contributed by atoms with Crippen LogP contribution in [0.5, 0.6) is 11.5 Å². The van der Waals surface area contributed by atoms with Crippen molar-refractivity contribution in [3.05, 3.63) is 95.1 Å². The first-order valence-electron chi connectivity index (χ1n) is 9.51. The van der Waals surface area contributed by atoms with Gasteiger partial charge in [-0.25, -0.2) is 10.2 Å². The first kappa shape index (κ1) is 20.8. The molecule has 6 nitrogen and oxygen atoms in total. The van der Waals surface area contributed by atoms with Crippen molar-refractivity contribution in [3.63, 3.8) is 0 Å². The summed E-state index contributed by atoms with van der Waals surface area (Å²) in [5.41, 5.74) is 5.20. The molecule has 0 saturated heterocycles. The Balaban J connectivity index is 1.57. The van der Waals surface area contributed by atoms with Gasteiger partial charge in [0.05, 0.1) is 23.9 Å². The Labute approximate surface area is 175 Å². The number of nitrogens with zero attached hydrogens (tertiary/aromatic N) is 1. The molecule has 0 aliphatic heterocycles. The summed E-state index contributed by atoms with van der Waals surface area (Å²) in [7, 11) is 0. The number of nitrogens with one attached hydrogen (secondary N) is 1. The zero-order valence-corrected chi connectivity index (χ0v) is 16.8. The van der Waals surface area contributed by atoms with Gasteiger partial charge >= 0.3 is 5.97 Å². The predicted octanol–water partition coefficient (Wildman–Crippen LogP) is 4.38. The second-order valence-corrected chi connectivity index (χ2v) is 6.45. The SMILES string of the molecule is CCOc1ccccc1C(=O)NN=Cc1ccc(OC(=O)c2ccc(C)cc2)cc1. The molecule has 0 radical (unpaired) electrons. The van der Waals surface area contributed by atoms with E-state index in [1.807, 2.05) is 26.0 Å². The van der Waals surface area contributed by atoms with Gasteiger partial charge in [-0.1, -0.05) is 29.8 Å². The molecule has 0 aliphatic carbocycles. The molecule has 6 heteroatoms. The van der Waals surface area contributed by atoms with Gasteiger partial charge in [0.25, 0.3) is 5.91 Å². The van der Waals surface area contributed by atoms with E-state index < -0.39 is 5.97 Å². The van der Waals surface area contributed by atoms with Gasteiger partial charge in [-0.2, -0.15) is 5.10 Å². The summed E-state index contributed by atoms with van der Waals surface area (Å²) in [5.74, 6) is 0.149. The molecular formula is C24H22N2O4. The molecule has 0 atom stereocenters. The standard InChI is InChI=1S/C24H22N2O4/c1-3-29-22-7-5-4-6-21(22)23(27)26-25-16-18-10-14-20(15-11-18)30-24(28)19-12-8-17(2)9-13-19/h4-16H,3H2,1-2H3,(H,26,27). The van der Waals surface area contributed by atoms with Crippen molar-refractivity contribution < 1.29 is 19.1 Å². The molecule has 0 saturated carbocycles. The maximum atomic E-state index is 12.3. The molecule has 3 rings (SSSR count). The Morgan fingerprint density at radius 2 is 1.67 bits per heavy atom. The largest absolute Gasteiger partial charge is 0.493 e. The van der Waals surface area contributed by atoms with Crippen LogP contribution in [0.15, 0.2) is 77.9 Å². The molecule has 152 valence electrons. The third-order valence-electron chi connectivity index (χ3n) is 4.19. The van der Waals surface area contributed by atoms with E-state index in [0.29, 0.717) is 29.2 Å². The van der Waals surface area contributed by atoms with Crippen LogP contribution < -0.4 is 14.9 Å². The summed E-state index contributed by atoms with van der Waals surface area (Å²) in [6.45, 7) is 4.28. The lowest BCUT2D eigenvalue weighted by atomic mass is 10.1. The lowest BCUT2D eigenvalue weighted by Crippen LogP contribution is -2.18. The van der Waals surface area contributed by atoms with E-state index in [-0.39, 0.29) is 5.91 Å². The zero-order valence-electron chi connectivity index (χ0n) is 16.8. The average molecular weight is 402 g/mol. The fourth-order valence-electron chi connectivity index (χ4n) is 2.64. The van der Waals surface area contributed by atoms with Crippen molar-refractivity contribution in [1.29, 1.82) is 0 Å². The molecule has 3 aromatic carbocycles. The van der Waals surface area contributed by atoms with Gasteiger partial charge in [0.1, 0.15) is 11.5 Å². The third-order valence-corrected chi connectivity index (χ3v) is 4.19. The fourth-order valence-corrected chi connectivity index (χ4v) is 2.64. The molecule has 0 aliphatic rings. The first-order chi connectivity index (χ1) is 14.6. The van der Waals surface area contributed by atoms with Crippen LogP contribution in [-0.2, 0) is 0 Å². The highest BCUT2D eigenvalue weighted by Crippen LogP contribution is 2.18. The quantitative estimate of drug-likeness (QED) is 0.275. The molecular weight excluding hydrogens is 380 g/mol. The fraction of sp³-hybridized carbons (Fsp3) is 0.125. The minimum absolute atomic E-state index is 0.362. The number of carbonyl (C=O) groups is 2. The molecule has 30 heavy (non-hydrogen) atoms. The van der Waals surface area contributed by atoms with Gasteiger partial charge in [0.15, 0.2) is 0 Å². The van der Waals surface area contributed by atoms with Crippen molar-refractivity contribution in [2.45, 2.75) is 13.8 Å². The van der Waals surface area contributed by atoms with Crippen molar-refractivity contribution in [1.82, 2.24) is 5.43 Å². The van der Waals surface area contributed by atoms with Gasteiger partial charge in [-0.15, -0.1) is 0 Å². The second kappa shape index (κ2) is 10.0. The molecule has 0 aromatic heterocycles. The van der Waals surface area contributed by atoms with E-state index in [1.165, 1.54) is 6.21 Å². The highest BCUT2D eigenvalue weighted by Gasteiger charge is 2.11. The highest BCUT2D eigenvalue weighted by atomic mass is 16.5. The van der Waals surface area contributed by atoms with E-state index in [4.69, 9.17) is 9.47 Å². The van der Waals surface area contributed by atoms with E-state index in [2.05, 4.69) is 10.5 Å². The van der Waals surface area contributed by atoms with Gasteiger partial charge < -0.3 is 9.47 Å². The summed E-state index contributed by atoms with van der Waals surface area (Å²) in [6, 6.07) is 21.0. The Morgan fingerprint density at radius 3 is 2.37 bits per heavy atom. The number of aryl methyl sites for hydroxylation is 1. The van der Waals surface area contributed by atoms with Crippen molar-refractivity contribution in [2.75, 3.05) is 6.61 Å². The van der Waals surface area contributed by atoms with Crippen molar-refractivity contribution in [3.8, 4) is 11.5 Å². The van der Waals surface area contributed by atoms with Crippen LogP contribution >= 0.6 is 0 Å². The molecule has 1 amide bonds. The summed E-state index contributed by atoms with van der Waals surface area (Å²) < 4.78 is 10.8. The molecule has 0 spiro atoms. The summed E-state index contributed by atoms with van der Waals surface area (Å²) in [5, 5.41) is 3.98. The molecule has 0 fully saturated rings. The lowest BCUT2D eigenvalue weighted by Gasteiger charge is -2.08. The van der Waals surface area contributed by atoms with Crippen LogP contribution in [0, 0.1) is 6.92 Å². The minimum atomic E-state index is -0.420. The Hall–Kier alpha value is -3.93. The third kappa shape index (κ3) is 5.54. The van der Waals surface area contributed by atoms with Gasteiger partial charge in [0.2, 0.25) is 0 Å². The van der Waals surface area contributed by atoms with E-state index in [0.717, 1.165) is 11.1 Å². The van der Waals surface area contributed by atoms with Gasteiger partial charge in [-0.3, -0.25) is 4.79 Å². The number of amides is 1. The number of benzene rings is 3. The highest BCUT2D eigenvalue weighted by molar-refractivity contribution is 5.97. The van der Waals surface area contributed by atoms with E-state index in [9.17, 15) is 9.59 Å². The Morgan fingerprint density at radius 1 is 0.967 bits per heavy atom. The molecule has 0 bridgehead atoms. The summed E-state index contributed by atoms with van der Waals surface area (Å²) in [4.78, 5) is 24.5. The summed E-state index contributed by atoms with van der Waals surface area (Å²) in [6.07, 6.45) is 1.51. The molecule has 0 unspecified atom stereocenters. The van der Waals surface area contributed by atoms with Crippen LogP contribution in [0.4, 0.5) is 0 Å². The van der Waals surface area contributed by atoms with Crippen LogP contribution in [-0.4, -0.2) is 24.7 Å². The Kier molecular flexibility index (Phi) is 6.95. The number of rotatable bonds is 7. The molecule has 1 N–H and O–H groups in total. The normalized spacial score (nSPS) is 10.6. The maximum Gasteiger partial charge on any atom is 0.343 e. The van der Waals surface area contributed by atoms with Crippen molar-refractivity contribution >= 4 is 18.1 Å². The van der Waals surface area contributed by atoms with Gasteiger partial charge in [-0.05, 0) is 67.9 Å². The maximum absolute atomic E-state index is 12.3. The average Bonchev–Trinajstić information content (AvgIpc) is 2.76. The number of esters is 1. The molecule has 3 aromatic rings. The van der Waals surface area contributed by atoms with E-state index in [1.54, 1.807) is 60.7 Å². The number of hydrogen-bond donors (Lipinski definition) is 1. The number of para-hydroxylation sites is 1. The second-order valence-electron chi connectivity index (χ2n) is 6.45. The Bertz CT molecular complexity index is 1040. The zero-order chi connectivity index (χ0) is 21.3. The number of hydrogen-bond acceptors (Lipinski definition) is 5. The monoisotopic (exact) mass is 402 g/mol. The van der Waals surface area contributed by atoms with Gasteiger partial charge in [0, 0.05) is 0 Å². The van der Waals surface area contributed by atoms with Crippen molar-refractivity contribution in [2.24, 2.45) is 5.10 Å². The summed E-state index contributed by atoms with van der Waals surface area (Å²) >= 11 is 0. The predicted molar refractivity (Wildman–Crippen MR) is 115 cm³/mol. The van der Waals surface area contributed by atoms with Crippen LogP contribution in [0.25, 0.3) is 0 Å².